The molecule has 2 rings (SSSR count). The topological polar surface area (TPSA) is 93.1 Å². The molecule has 2 N–H and O–H groups in total. The first-order valence-corrected chi connectivity index (χ1v) is 7.68. The molecule has 0 radical (unpaired) electrons. The second-order valence-electron chi connectivity index (χ2n) is 5.43. The lowest BCUT2D eigenvalue weighted by Crippen LogP contribution is -2.01. The summed E-state index contributed by atoms with van der Waals surface area (Å²) in [6, 6.07) is 7.74. The van der Waals surface area contributed by atoms with Gasteiger partial charge in [0.05, 0.1) is 28.7 Å². The van der Waals surface area contributed by atoms with Gasteiger partial charge in [-0.1, -0.05) is 24.3 Å². The van der Waals surface area contributed by atoms with E-state index in [0.717, 1.165) is 12.2 Å². The molecule has 140 valence electrons. The predicted molar refractivity (Wildman–Crippen MR) is 102 cm³/mol. The summed E-state index contributed by atoms with van der Waals surface area (Å²) in [5.74, 6) is -2.38. The fourth-order valence-corrected chi connectivity index (χ4v) is 2.10. The maximum Gasteiger partial charge on any atom is 0.163 e. The van der Waals surface area contributed by atoms with Crippen LogP contribution in [0.1, 0.15) is 25.8 Å². The van der Waals surface area contributed by atoms with Crippen LogP contribution in [0.3, 0.4) is 0 Å². The van der Waals surface area contributed by atoms with E-state index < -0.39 is 32.1 Å². The summed E-state index contributed by atoms with van der Waals surface area (Å²) >= 11 is 0. The number of methoxy groups -OCH3 is 2. The molecule has 0 unspecified atom stereocenters. The highest BCUT2D eigenvalue weighted by molar-refractivity contribution is 6.10. The van der Waals surface area contributed by atoms with E-state index in [1.807, 2.05) is 0 Å². The van der Waals surface area contributed by atoms with Gasteiger partial charge in [-0.25, -0.2) is 0 Å². The number of ether oxygens (including phenoxy) is 2. The van der Waals surface area contributed by atoms with Gasteiger partial charge in [-0.2, -0.15) is 0 Å². The highest BCUT2D eigenvalue weighted by Crippen LogP contribution is 2.27. The molecule has 0 spiro atoms. The van der Waals surface area contributed by atoms with Gasteiger partial charge in [0.2, 0.25) is 0 Å². The average Bonchev–Trinajstić information content (AvgIpc) is 2.67. The van der Waals surface area contributed by atoms with Crippen molar-refractivity contribution in [3.8, 4) is 23.0 Å². The maximum atomic E-state index is 12.0. The minimum atomic E-state index is -2.76. The zero-order valence-corrected chi connectivity index (χ0v) is 14.0. The van der Waals surface area contributed by atoms with Crippen LogP contribution < -0.4 is 9.47 Å². The third kappa shape index (κ3) is 5.74. The van der Waals surface area contributed by atoms with E-state index in [4.69, 9.17) is 8.22 Å². The Kier molecular flexibility index (Phi) is 4.36. The number of hydrogen-bond donors (Lipinski definition) is 2. The second kappa shape index (κ2) is 9.24. The third-order valence-corrected chi connectivity index (χ3v) is 3.46. The summed E-state index contributed by atoms with van der Waals surface area (Å²) in [5.41, 5.74) is 0.739. The standard InChI is InChI=1S/C21H20O6/c1-26-20-11-14(5-9-18(20)24)3-7-16(22)13-17(23)8-4-15-6-10-19(25)21(12-15)27-2/h3-12,24-25H,13H2,1-2H3/b7-3+,8-4+/i1D3,2D3. The van der Waals surface area contributed by atoms with Gasteiger partial charge in [-0.3, -0.25) is 9.59 Å². The quantitative estimate of drug-likeness (QED) is 0.544. The number of allylic oxidation sites excluding steroid dienone is 2. The molecule has 0 saturated heterocycles. The number of rotatable bonds is 8. The van der Waals surface area contributed by atoms with Crippen LogP contribution in [0.2, 0.25) is 0 Å². The van der Waals surface area contributed by atoms with Crippen molar-refractivity contribution < 1.29 is 37.5 Å². The minimum absolute atomic E-state index is 0.278. The van der Waals surface area contributed by atoms with E-state index in [0.29, 0.717) is 11.1 Å². The van der Waals surface area contributed by atoms with Crippen LogP contribution in [0.25, 0.3) is 12.2 Å². The van der Waals surface area contributed by atoms with Crippen molar-refractivity contribution in [3.05, 3.63) is 59.7 Å². The Morgan fingerprint density at radius 3 is 1.74 bits per heavy atom. The molecule has 0 aliphatic rings. The molecule has 6 nitrogen and oxygen atoms in total. The Morgan fingerprint density at radius 2 is 1.33 bits per heavy atom. The Hall–Kier alpha value is -3.54. The smallest absolute Gasteiger partial charge is 0.163 e. The number of phenolic OH excluding ortho intramolecular Hbond substituents is 2. The van der Waals surface area contributed by atoms with Gasteiger partial charge in [0.25, 0.3) is 0 Å². The van der Waals surface area contributed by atoms with Crippen LogP contribution in [0.15, 0.2) is 48.6 Å². The van der Waals surface area contributed by atoms with Crippen LogP contribution in [0.4, 0.5) is 0 Å². The molecule has 0 fully saturated rings. The van der Waals surface area contributed by atoms with E-state index >= 15 is 0 Å². The van der Waals surface area contributed by atoms with Gasteiger partial charge >= 0.3 is 0 Å². The van der Waals surface area contributed by atoms with Crippen LogP contribution in [-0.4, -0.2) is 35.9 Å². The highest BCUT2D eigenvalue weighted by atomic mass is 16.5. The molecule has 0 atom stereocenters. The Balaban J connectivity index is 2.01. The van der Waals surface area contributed by atoms with E-state index in [-0.39, 0.29) is 23.0 Å². The first-order valence-electron chi connectivity index (χ1n) is 10.7. The molecular weight excluding hydrogens is 348 g/mol. The van der Waals surface area contributed by atoms with E-state index in [1.165, 1.54) is 48.6 Å². The molecule has 0 aliphatic carbocycles. The summed E-state index contributed by atoms with van der Waals surface area (Å²) < 4.78 is 51.9. The number of ketones is 2. The highest BCUT2D eigenvalue weighted by Gasteiger charge is 2.06. The number of carbonyl (C=O) groups is 2. The van der Waals surface area contributed by atoms with Gasteiger partial charge in [-0.05, 0) is 47.5 Å². The third-order valence-electron chi connectivity index (χ3n) is 3.46. The first-order chi connectivity index (χ1) is 15.2. The second-order valence-corrected chi connectivity index (χ2v) is 5.43. The molecule has 0 saturated carbocycles. The van der Waals surface area contributed by atoms with Crippen molar-refractivity contribution in [2.45, 2.75) is 6.42 Å². The zero-order valence-electron chi connectivity index (χ0n) is 20.0. The number of hydrogen-bond acceptors (Lipinski definition) is 6. The van der Waals surface area contributed by atoms with Gasteiger partial charge in [0.15, 0.2) is 34.6 Å². The normalized spacial score (nSPS) is 15.3. The fraction of sp³-hybridized carbons (Fsp3) is 0.143. The molecule has 6 heteroatoms. The van der Waals surface area contributed by atoms with E-state index in [9.17, 15) is 19.8 Å². The molecule has 0 heterocycles. The van der Waals surface area contributed by atoms with Crippen LogP contribution in [0, 0.1) is 0 Å². The van der Waals surface area contributed by atoms with Crippen molar-refractivity contribution >= 4 is 23.7 Å². The Morgan fingerprint density at radius 1 is 0.889 bits per heavy atom. The first kappa shape index (κ1) is 12.8. The van der Waals surface area contributed by atoms with Crippen molar-refractivity contribution in [3.63, 3.8) is 0 Å². The van der Waals surface area contributed by atoms with Gasteiger partial charge in [0, 0.05) is 0 Å². The van der Waals surface area contributed by atoms with Crippen molar-refractivity contribution in [2.24, 2.45) is 0 Å². The van der Waals surface area contributed by atoms with Crippen molar-refractivity contribution in [1.82, 2.24) is 0 Å². The van der Waals surface area contributed by atoms with E-state index in [2.05, 4.69) is 9.47 Å². The molecule has 2 aromatic carbocycles. The monoisotopic (exact) mass is 374 g/mol. The summed E-state index contributed by atoms with van der Waals surface area (Å²) in [5, 5.41) is 19.3. The largest absolute Gasteiger partial charge is 0.504 e. The Bertz CT molecular complexity index is 1000. The number of aromatic hydroxyl groups is 2. The summed E-state index contributed by atoms with van der Waals surface area (Å²) in [6.07, 6.45) is 4.47. The summed E-state index contributed by atoms with van der Waals surface area (Å²) in [6.45, 7) is 0. The van der Waals surface area contributed by atoms with Crippen molar-refractivity contribution in [2.75, 3.05) is 14.1 Å². The lowest BCUT2D eigenvalue weighted by Gasteiger charge is -2.03. The molecule has 2 aromatic rings. The number of benzene rings is 2. The van der Waals surface area contributed by atoms with Gasteiger partial charge in [-0.15, -0.1) is 0 Å². The van der Waals surface area contributed by atoms with Crippen LogP contribution in [-0.2, 0) is 9.59 Å². The Labute approximate surface area is 165 Å². The maximum absolute atomic E-state index is 12.0. The molecule has 0 aromatic heterocycles. The van der Waals surface area contributed by atoms with E-state index in [1.54, 1.807) is 0 Å². The fourth-order valence-electron chi connectivity index (χ4n) is 2.10. The molecule has 27 heavy (non-hydrogen) atoms. The average molecular weight is 374 g/mol. The SMILES string of the molecule is [2H]C([2H])([2H])Oc1cc(/C=C/C(=O)CC(=O)/C=C/c2ccc(O)c(OC([2H])([2H])[2H])c2)ccc1O. The van der Waals surface area contributed by atoms with Crippen LogP contribution in [0.5, 0.6) is 23.0 Å². The number of carbonyl (C=O) groups excluding carboxylic acids is 2. The van der Waals surface area contributed by atoms with Crippen LogP contribution >= 0.6 is 0 Å². The minimum Gasteiger partial charge on any atom is -0.504 e. The molecule has 0 bridgehead atoms. The molecular formula is C21H20O6. The lowest BCUT2D eigenvalue weighted by molar-refractivity contribution is -0.121. The van der Waals surface area contributed by atoms with Gasteiger partial charge < -0.3 is 19.7 Å². The van der Waals surface area contributed by atoms with Gasteiger partial charge in [0.1, 0.15) is 0 Å². The number of phenols is 2. The lowest BCUT2D eigenvalue weighted by atomic mass is 10.1. The molecule has 0 aliphatic heterocycles. The predicted octanol–water partition coefficient (Wildman–Crippen LogP) is 3.37. The molecule has 0 amide bonds. The summed E-state index contributed by atoms with van der Waals surface area (Å²) in [7, 11) is -5.52. The zero-order chi connectivity index (χ0) is 24.8. The van der Waals surface area contributed by atoms with Crippen molar-refractivity contribution in [1.29, 1.82) is 0 Å². The summed E-state index contributed by atoms with van der Waals surface area (Å²) in [4.78, 5) is 24.1.